The average Bonchev–Trinajstić information content (AvgIpc) is 2.46. The molecule has 0 amide bonds. The van der Waals surface area contributed by atoms with Crippen molar-refractivity contribution in [2.45, 2.75) is 19.3 Å². The Hall–Kier alpha value is -1.80. The summed E-state index contributed by atoms with van der Waals surface area (Å²) in [6, 6.07) is 17.4. The van der Waals surface area contributed by atoms with Crippen molar-refractivity contribution < 1.29 is 0 Å². The molecule has 2 aromatic rings. The Morgan fingerprint density at radius 1 is 0.950 bits per heavy atom. The summed E-state index contributed by atoms with van der Waals surface area (Å²) in [7, 11) is 4.12. The monoisotopic (exact) mass is 268 g/mol. The lowest BCUT2D eigenvalue weighted by Crippen LogP contribution is -2.15. The van der Waals surface area contributed by atoms with Crippen LogP contribution in [0.5, 0.6) is 0 Å². The quantitative estimate of drug-likeness (QED) is 0.901. The van der Waals surface area contributed by atoms with Crippen LogP contribution in [0.25, 0.3) is 0 Å². The van der Waals surface area contributed by atoms with Crippen LogP contribution in [0.15, 0.2) is 48.5 Å². The minimum Gasteiger partial charge on any atom is -0.378 e. The fraction of sp³-hybridized carbons (Fsp3) is 0.333. The summed E-state index contributed by atoms with van der Waals surface area (Å²) in [5.74, 6) is 0.390. The van der Waals surface area contributed by atoms with Crippen molar-refractivity contribution in [3.05, 3.63) is 65.2 Å². The van der Waals surface area contributed by atoms with E-state index < -0.39 is 0 Å². The highest BCUT2D eigenvalue weighted by Crippen LogP contribution is 2.22. The predicted molar refractivity (Wildman–Crippen MR) is 87.4 cm³/mol. The van der Waals surface area contributed by atoms with E-state index in [-0.39, 0.29) is 0 Å². The molecule has 0 radical (unpaired) electrons. The van der Waals surface area contributed by atoms with Gasteiger partial charge in [-0.25, -0.2) is 0 Å². The first-order chi connectivity index (χ1) is 9.60. The maximum absolute atomic E-state index is 5.96. The third-order valence-electron chi connectivity index (χ3n) is 3.77. The Bertz CT molecular complexity index is 526. The maximum Gasteiger partial charge on any atom is 0.0361 e. The predicted octanol–water partition coefficient (Wildman–Crippen LogP) is 3.35. The molecule has 106 valence electrons. The lowest BCUT2D eigenvalue weighted by molar-refractivity contribution is 0.694. The van der Waals surface area contributed by atoms with Gasteiger partial charge in [0.1, 0.15) is 0 Å². The van der Waals surface area contributed by atoms with Gasteiger partial charge in [-0.2, -0.15) is 0 Å². The molecule has 0 aliphatic rings. The molecule has 1 unspecified atom stereocenters. The van der Waals surface area contributed by atoms with Crippen LogP contribution in [0.2, 0.25) is 0 Å². The van der Waals surface area contributed by atoms with Crippen molar-refractivity contribution in [1.29, 1.82) is 0 Å². The highest BCUT2D eigenvalue weighted by molar-refractivity contribution is 5.46. The van der Waals surface area contributed by atoms with Crippen molar-refractivity contribution in [3.8, 4) is 0 Å². The van der Waals surface area contributed by atoms with Crippen LogP contribution < -0.4 is 10.6 Å². The molecule has 0 bridgehead atoms. The first-order valence-corrected chi connectivity index (χ1v) is 7.13. The number of hydrogen-bond donors (Lipinski definition) is 1. The number of nitrogens with two attached hydrogens (primary N) is 1. The molecule has 0 aliphatic carbocycles. The van der Waals surface area contributed by atoms with Gasteiger partial charge < -0.3 is 10.6 Å². The Morgan fingerprint density at radius 2 is 1.55 bits per heavy atom. The molecular formula is C18H24N2. The van der Waals surface area contributed by atoms with Crippen molar-refractivity contribution >= 4 is 5.69 Å². The lowest BCUT2D eigenvalue weighted by atomic mass is 9.91. The first kappa shape index (κ1) is 14.6. The molecular weight excluding hydrogens is 244 g/mol. The lowest BCUT2D eigenvalue weighted by Gasteiger charge is -2.17. The van der Waals surface area contributed by atoms with Crippen molar-refractivity contribution in [3.63, 3.8) is 0 Å². The number of rotatable bonds is 5. The molecule has 0 aromatic heterocycles. The van der Waals surface area contributed by atoms with Gasteiger partial charge in [0.05, 0.1) is 0 Å². The van der Waals surface area contributed by atoms with Crippen LogP contribution in [-0.4, -0.2) is 20.6 Å². The summed E-state index contributed by atoms with van der Waals surface area (Å²) in [6.07, 6.45) is 0.993. The highest BCUT2D eigenvalue weighted by atomic mass is 15.1. The fourth-order valence-corrected chi connectivity index (χ4v) is 2.39. The molecule has 0 spiro atoms. The standard InChI is InChI=1S/C18H24N2/c1-14-4-8-16(9-5-14)17(13-19)12-15-6-10-18(11-7-15)20(2)3/h4-11,17H,12-13,19H2,1-3H3. The van der Waals surface area contributed by atoms with Gasteiger partial charge in [0.15, 0.2) is 0 Å². The molecule has 2 aromatic carbocycles. The van der Waals surface area contributed by atoms with E-state index in [0.717, 1.165) is 6.42 Å². The summed E-state index contributed by atoms with van der Waals surface area (Å²) in [6.45, 7) is 2.79. The summed E-state index contributed by atoms with van der Waals surface area (Å²) < 4.78 is 0. The zero-order valence-electron chi connectivity index (χ0n) is 12.6. The second kappa shape index (κ2) is 6.58. The van der Waals surface area contributed by atoms with Crippen LogP contribution in [0.4, 0.5) is 5.69 Å². The number of benzene rings is 2. The zero-order chi connectivity index (χ0) is 14.5. The molecule has 0 aliphatic heterocycles. The van der Waals surface area contributed by atoms with Gasteiger partial charge in [0.2, 0.25) is 0 Å². The van der Waals surface area contributed by atoms with Gasteiger partial charge in [-0.05, 0) is 43.1 Å². The van der Waals surface area contributed by atoms with Crippen LogP contribution in [0.1, 0.15) is 22.6 Å². The number of aryl methyl sites for hydroxylation is 1. The molecule has 2 rings (SSSR count). The Labute approximate surface area is 122 Å². The van der Waals surface area contributed by atoms with E-state index >= 15 is 0 Å². The van der Waals surface area contributed by atoms with Gasteiger partial charge in [-0.15, -0.1) is 0 Å². The summed E-state index contributed by atoms with van der Waals surface area (Å²) in [5, 5.41) is 0. The molecule has 2 heteroatoms. The molecule has 1 atom stereocenters. The van der Waals surface area contributed by atoms with Gasteiger partial charge in [-0.3, -0.25) is 0 Å². The summed E-state index contributed by atoms with van der Waals surface area (Å²) in [4.78, 5) is 2.12. The molecule has 2 nitrogen and oxygen atoms in total. The highest BCUT2D eigenvalue weighted by Gasteiger charge is 2.10. The fourth-order valence-electron chi connectivity index (χ4n) is 2.39. The number of anilines is 1. The smallest absolute Gasteiger partial charge is 0.0361 e. The summed E-state index contributed by atoms with van der Waals surface area (Å²) >= 11 is 0. The second-order valence-corrected chi connectivity index (χ2v) is 5.61. The number of hydrogen-bond acceptors (Lipinski definition) is 2. The van der Waals surface area contributed by atoms with Crippen LogP contribution >= 0.6 is 0 Å². The minimum atomic E-state index is 0.390. The molecule has 0 heterocycles. The van der Waals surface area contributed by atoms with Gasteiger partial charge in [-0.1, -0.05) is 42.0 Å². The van der Waals surface area contributed by atoms with Gasteiger partial charge >= 0.3 is 0 Å². The van der Waals surface area contributed by atoms with E-state index in [4.69, 9.17) is 5.73 Å². The third-order valence-corrected chi connectivity index (χ3v) is 3.77. The maximum atomic E-state index is 5.96. The Kier molecular flexibility index (Phi) is 4.80. The molecule has 0 saturated heterocycles. The van der Waals surface area contributed by atoms with E-state index in [1.807, 2.05) is 0 Å². The SMILES string of the molecule is Cc1ccc(C(CN)Cc2ccc(N(C)C)cc2)cc1. The van der Waals surface area contributed by atoms with E-state index in [9.17, 15) is 0 Å². The van der Waals surface area contributed by atoms with Crippen molar-refractivity contribution in [2.24, 2.45) is 5.73 Å². The van der Waals surface area contributed by atoms with E-state index in [1.54, 1.807) is 0 Å². The largest absolute Gasteiger partial charge is 0.378 e. The first-order valence-electron chi connectivity index (χ1n) is 7.13. The molecule has 2 N–H and O–H groups in total. The third kappa shape index (κ3) is 3.61. The second-order valence-electron chi connectivity index (χ2n) is 5.61. The molecule has 0 saturated carbocycles. The Morgan fingerprint density at radius 3 is 2.05 bits per heavy atom. The van der Waals surface area contributed by atoms with Crippen molar-refractivity contribution in [2.75, 3.05) is 25.5 Å². The molecule has 0 fully saturated rings. The van der Waals surface area contributed by atoms with E-state index in [0.29, 0.717) is 12.5 Å². The van der Waals surface area contributed by atoms with E-state index in [1.165, 1.54) is 22.4 Å². The average molecular weight is 268 g/mol. The van der Waals surface area contributed by atoms with Gasteiger partial charge in [0.25, 0.3) is 0 Å². The topological polar surface area (TPSA) is 29.3 Å². The van der Waals surface area contributed by atoms with Crippen LogP contribution in [0.3, 0.4) is 0 Å². The summed E-state index contributed by atoms with van der Waals surface area (Å²) in [5.41, 5.74) is 11.2. The number of nitrogens with zero attached hydrogens (tertiary/aromatic N) is 1. The van der Waals surface area contributed by atoms with Crippen molar-refractivity contribution in [1.82, 2.24) is 0 Å². The van der Waals surface area contributed by atoms with E-state index in [2.05, 4.69) is 74.4 Å². The normalized spacial score (nSPS) is 12.2. The minimum absolute atomic E-state index is 0.390. The van der Waals surface area contributed by atoms with Gasteiger partial charge in [0, 0.05) is 25.7 Å². The zero-order valence-corrected chi connectivity index (χ0v) is 12.6. The van der Waals surface area contributed by atoms with Crippen LogP contribution in [0, 0.1) is 6.92 Å². The molecule has 20 heavy (non-hydrogen) atoms. The van der Waals surface area contributed by atoms with Crippen LogP contribution in [-0.2, 0) is 6.42 Å². The Balaban J connectivity index is 2.11.